The minimum atomic E-state index is -0.587. The van der Waals surface area contributed by atoms with Crippen LogP contribution >= 0.6 is 11.3 Å². The Morgan fingerprint density at radius 1 is 1.27 bits per heavy atom. The molecule has 22 heavy (non-hydrogen) atoms. The van der Waals surface area contributed by atoms with Gasteiger partial charge >= 0.3 is 0 Å². The lowest BCUT2D eigenvalue weighted by Gasteiger charge is -2.10. The van der Waals surface area contributed by atoms with Gasteiger partial charge in [-0.05, 0) is 36.6 Å². The molecule has 5 heteroatoms. The molecule has 0 aliphatic rings. The molecule has 2 aromatic carbocycles. The van der Waals surface area contributed by atoms with Gasteiger partial charge in [-0.25, -0.2) is 4.98 Å². The summed E-state index contributed by atoms with van der Waals surface area (Å²) < 4.78 is 1.06. The number of hydrogen-bond acceptors (Lipinski definition) is 4. The highest BCUT2D eigenvalue weighted by Crippen LogP contribution is 2.26. The van der Waals surface area contributed by atoms with E-state index < -0.39 is 6.04 Å². The maximum atomic E-state index is 12.2. The van der Waals surface area contributed by atoms with Crippen LogP contribution in [0, 0.1) is 6.92 Å². The minimum absolute atomic E-state index is 0.209. The number of benzene rings is 2. The second-order valence-corrected chi connectivity index (χ2v) is 6.31. The van der Waals surface area contributed by atoms with Gasteiger partial charge in [0.05, 0.1) is 16.3 Å². The highest BCUT2D eigenvalue weighted by molar-refractivity contribution is 7.22. The molecule has 0 unspecified atom stereocenters. The van der Waals surface area contributed by atoms with Gasteiger partial charge in [0.25, 0.3) is 0 Å². The molecule has 1 aromatic heterocycles. The molecule has 1 amide bonds. The summed E-state index contributed by atoms with van der Waals surface area (Å²) in [4.78, 5) is 16.6. The first-order chi connectivity index (χ1) is 10.6. The normalized spacial score (nSPS) is 12.3. The number of thiazole rings is 1. The van der Waals surface area contributed by atoms with Gasteiger partial charge in [0.1, 0.15) is 0 Å². The van der Waals surface area contributed by atoms with Crippen LogP contribution in [0.2, 0.25) is 0 Å². The average Bonchev–Trinajstić information content (AvgIpc) is 2.89. The number of carbonyl (C=O) groups excluding carboxylic acids is 1. The Hall–Kier alpha value is -2.24. The van der Waals surface area contributed by atoms with Crippen LogP contribution in [0.4, 0.5) is 5.13 Å². The van der Waals surface area contributed by atoms with Crippen LogP contribution in [0.15, 0.2) is 48.5 Å². The molecule has 0 bridgehead atoms. The third kappa shape index (κ3) is 3.32. The average molecular weight is 311 g/mol. The number of amides is 1. The van der Waals surface area contributed by atoms with Crippen LogP contribution in [0.3, 0.4) is 0 Å². The van der Waals surface area contributed by atoms with Crippen LogP contribution < -0.4 is 11.1 Å². The number of anilines is 1. The molecule has 0 spiro atoms. The van der Waals surface area contributed by atoms with Crippen molar-refractivity contribution in [2.45, 2.75) is 19.4 Å². The van der Waals surface area contributed by atoms with E-state index in [9.17, 15) is 4.79 Å². The van der Waals surface area contributed by atoms with Gasteiger partial charge in [0.15, 0.2) is 5.13 Å². The fraction of sp³-hybridized carbons (Fsp3) is 0.176. The summed E-state index contributed by atoms with van der Waals surface area (Å²) in [5, 5.41) is 3.41. The molecule has 0 aliphatic heterocycles. The van der Waals surface area contributed by atoms with Crippen molar-refractivity contribution in [1.29, 1.82) is 0 Å². The van der Waals surface area contributed by atoms with Crippen LogP contribution in [-0.4, -0.2) is 16.9 Å². The zero-order valence-electron chi connectivity index (χ0n) is 12.2. The Morgan fingerprint density at radius 3 is 2.82 bits per heavy atom. The summed E-state index contributed by atoms with van der Waals surface area (Å²) in [7, 11) is 0. The van der Waals surface area contributed by atoms with E-state index in [0.29, 0.717) is 11.6 Å². The SMILES string of the molecule is Cc1ccc2nc(NC(=O)[C@H](N)Cc3ccccc3)sc2c1. The van der Waals surface area contributed by atoms with Gasteiger partial charge in [0, 0.05) is 0 Å². The van der Waals surface area contributed by atoms with Crippen molar-refractivity contribution in [3.63, 3.8) is 0 Å². The summed E-state index contributed by atoms with van der Waals surface area (Å²) >= 11 is 1.46. The second kappa shape index (κ2) is 6.25. The van der Waals surface area contributed by atoms with Crippen LogP contribution in [0.25, 0.3) is 10.2 Å². The number of aryl methyl sites for hydroxylation is 1. The lowest BCUT2D eigenvalue weighted by molar-refractivity contribution is -0.117. The van der Waals surface area contributed by atoms with E-state index in [0.717, 1.165) is 15.8 Å². The van der Waals surface area contributed by atoms with Crippen LogP contribution in [0.5, 0.6) is 0 Å². The Morgan fingerprint density at radius 2 is 2.05 bits per heavy atom. The van der Waals surface area contributed by atoms with Gasteiger partial charge < -0.3 is 11.1 Å². The summed E-state index contributed by atoms with van der Waals surface area (Å²) in [6.45, 7) is 2.03. The van der Waals surface area contributed by atoms with Gasteiger partial charge in [-0.2, -0.15) is 0 Å². The molecular formula is C17H17N3OS. The van der Waals surface area contributed by atoms with E-state index in [4.69, 9.17) is 5.73 Å². The summed E-state index contributed by atoms with van der Waals surface area (Å²) in [6.07, 6.45) is 0.511. The van der Waals surface area contributed by atoms with E-state index >= 15 is 0 Å². The molecule has 4 nitrogen and oxygen atoms in total. The fourth-order valence-corrected chi connectivity index (χ4v) is 3.21. The van der Waals surface area contributed by atoms with Crippen molar-refractivity contribution < 1.29 is 4.79 Å². The maximum absolute atomic E-state index is 12.2. The van der Waals surface area contributed by atoms with Gasteiger partial charge in [0.2, 0.25) is 5.91 Å². The quantitative estimate of drug-likeness (QED) is 0.778. The zero-order chi connectivity index (χ0) is 15.5. The second-order valence-electron chi connectivity index (χ2n) is 5.28. The van der Waals surface area contributed by atoms with Crippen molar-refractivity contribution in [1.82, 2.24) is 4.98 Å². The summed E-state index contributed by atoms with van der Waals surface area (Å²) in [5.41, 5.74) is 9.09. The third-order valence-electron chi connectivity index (χ3n) is 3.41. The summed E-state index contributed by atoms with van der Waals surface area (Å²) in [6, 6.07) is 15.2. The number of rotatable bonds is 4. The molecule has 3 aromatic rings. The first-order valence-corrected chi connectivity index (χ1v) is 7.91. The number of nitrogens with two attached hydrogens (primary N) is 1. The summed E-state index contributed by atoms with van der Waals surface area (Å²) in [5.74, 6) is -0.209. The van der Waals surface area contributed by atoms with E-state index in [2.05, 4.69) is 16.4 Å². The fourth-order valence-electron chi connectivity index (χ4n) is 2.24. The number of fused-ring (bicyclic) bond motifs is 1. The molecule has 0 saturated heterocycles. The minimum Gasteiger partial charge on any atom is -0.320 e. The zero-order valence-corrected chi connectivity index (χ0v) is 13.1. The Bertz CT molecular complexity index is 798. The number of aromatic nitrogens is 1. The highest BCUT2D eigenvalue weighted by atomic mass is 32.1. The molecule has 0 fully saturated rings. The Labute approximate surface area is 133 Å². The Balaban J connectivity index is 1.69. The molecule has 0 saturated carbocycles. The predicted molar refractivity (Wildman–Crippen MR) is 91.1 cm³/mol. The van der Waals surface area contributed by atoms with Crippen molar-refractivity contribution in [2.75, 3.05) is 5.32 Å². The lowest BCUT2D eigenvalue weighted by atomic mass is 10.1. The van der Waals surface area contributed by atoms with Crippen molar-refractivity contribution in [2.24, 2.45) is 5.73 Å². The van der Waals surface area contributed by atoms with Gasteiger partial charge in [-0.15, -0.1) is 0 Å². The van der Waals surface area contributed by atoms with Crippen molar-refractivity contribution in [3.8, 4) is 0 Å². The molecule has 1 atom stereocenters. The first-order valence-electron chi connectivity index (χ1n) is 7.09. The lowest BCUT2D eigenvalue weighted by Crippen LogP contribution is -2.37. The Kier molecular flexibility index (Phi) is 4.18. The molecule has 0 radical (unpaired) electrons. The standard InChI is InChI=1S/C17H17N3OS/c1-11-7-8-14-15(9-11)22-17(19-14)20-16(21)13(18)10-12-5-3-2-4-6-12/h2-9,13H,10,18H2,1H3,(H,19,20,21)/t13-/m1/s1. The molecular weight excluding hydrogens is 294 g/mol. The third-order valence-corrected chi connectivity index (χ3v) is 4.34. The van der Waals surface area contributed by atoms with E-state index in [1.807, 2.05) is 49.4 Å². The monoisotopic (exact) mass is 311 g/mol. The number of carbonyl (C=O) groups is 1. The van der Waals surface area contributed by atoms with E-state index in [-0.39, 0.29) is 5.91 Å². The first kappa shape index (κ1) is 14.7. The smallest absolute Gasteiger partial charge is 0.243 e. The molecule has 3 rings (SSSR count). The maximum Gasteiger partial charge on any atom is 0.243 e. The van der Waals surface area contributed by atoms with Crippen LogP contribution in [0.1, 0.15) is 11.1 Å². The van der Waals surface area contributed by atoms with Gasteiger partial charge in [-0.1, -0.05) is 47.7 Å². The van der Waals surface area contributed by atoms with Crippen molar-refractivity contribution in [3.05, 3.63) is 59.7 Å². The predicted octanol–water partition coefficient (Wildman–Crippen LogP) is 3.11. The number of hydrogen-bond donors (Lipinski definition) is 2. The molecule has 1 heterocycles. The van der Waals surface area contributed by atoms with E-state index in [1.165, 1.54) is 16.9 Å². The van der Waals surface area contributed by atoms with Crippen LogP contribution in [-0.2, 0) is 11.2 Å². The van der Waals surface area contributed by atoms with Gasteiger partial charge in [-0.3, -0.25) is 4.79 Å². The number of nitrogens with one attached hydrogen (secondary N) is 1. The molecule has 0 aliphatic carbocycles. The highest BCUT2D eigenvalue weighted by Gasteiger charge is 2.16. The number of nitrogens with zero attached hydrogens (tertiary/aromatic N) is 1. The topological polar surface area (TPSA) is 68.0 Å². The molecule has 112 valence electrons. The van der Waals surface area contributed by atoms with Crippen molar-refractivity contribution >= 4 is 32.6 Å². The van der Waals surface area contributed by atoms with E-state index in [1.54, 1.807) is 0 Å². The molecule has 3 N–H and O–H groups in total. The largest absolute Gasteiger partial charge is 0.320 e.